The molecule has 88 valence electrons. The second-order valence-corrected chi connectivity index (χ2v) is 4.34. The Hall–Kier alpha value is -1.35. The van der Waals surface area contributed by atoms with Gasteiger partial charge in [0, 0.05) is 0 Å². The van der Waals surface area contributed by atoms with Gasteiger partial charge in [0.1, 0.15) is 6.04 Å². The second kappa shape index (κ2) is 5.66. The Morgan fingerprint density at radius 1 is 1.31 bits per heavy atom. The highest BCUT2D eigenvalue weighted by molar-refractivity contribution is 5.77. The normalized spacial score (nSPS) is 12.6. The molecule has 0 saturated carbocycles. The molecule has 1 unspecified atom stereocenters. The van der Waals surface area contributed by atoms with Crippen molar-refractivity contribution in [1.82, 2.24) is 0 Å². The second-order valence-electron chi connectivity index (χ2n) is 4.34. The zero-order valence-corrected chi connectivity index (χ0v) is 10.1. The van der Waals surface area contributed by atoms with Crippen LogP contribution < -0.4 is 5.73 Å². The third-order valence-electron chi connectivity index (χ3n) is 2.44. The number of carbonyl (C=O) groups excluding carboxylic acids is 1. The molecule has 0 aliphatic rings. The van der Waals surface area contributed by atoms with Gasteiger partial charge in [-0.05, 0) is 23.5 Å². The van der Waals surface area contributed by atoms with Gasteiger partial charge in [-0.1, -0.05) is 38.1 Å². The van der Waals surface area contributed by atoms with Crippen LogP contribution in [0.4, 0.5) is 0 Å². The van der Waals surface area contributed by atoms with Gasteiger partial charge in [-0.15, -0.1) is 0 Å². The highest BCUT2D eigenvalue weighted by Crippen LogP contribution is 2.15. The van der Waals surface area contributed by atoms with Gasteiger partial charge >= 0.3 is 5.97 Å². The van der Waals surface area contributed by atoms with Crippen LogP contribution in [0.1, 0.15) is 31.0 Å². The van der Waals surface area contributed by atoms with E-state index in [2.05, 4.69) is 18.6 Å². The Bertz CT molecular complexity index is 343. The Morgan fingerprint density at radius 3 is 2.31 bits per heavy atom. The third-order valence-corrected chi connectivity index (χ3v) is 2.44. The van der Waals surface area contributed by atoms with Crippen LogP contribution in [0, 0.1) is 5.92 Å². The van der Waals surface area contributed by atoms with Crippen LogP contribution in [0.5, 0.6) is 0 Å². The number of nitrogens with two attached hydrogens (primary N) is 1. The molecule has 0 aromatic heterocycles. The molecule has 2 N–H and O–H groups in total. The van der Waals surface area contributed by atoms with E-state index >= 15 is 0 Å². The van der Waals surface area contributed by atoms with E-state index < -0.39 is 12.0 Å². The van der Waals surface area contributed by atoms with E-state index in [4.69, 9.17) is 5.73 Å². The van der Waals surface area contributed by atoms with Crippen molar-refractivity contribution in [2.24, 2.45) is 11.7 Å². The predicted molar refractivity (Wildman–Crippen MR) is 63.9 cm³/mol. The molecule has 1 aromatic rings. The smallest absolute Gasteiger partial charge is 0.327 e. The van der Waals surface area contributed by atoms with E-state index in [1.165, 1.54) is 12.7 Å². The summed E-state index contributed by atoms with van der Waals surface area (Å²) in [6.07, 6.45) is 1.04. The summed E-state index contributed by atoms with van der Waals surface area (Å²) < 4.78 is 4.60. The highest BCUT2D eigenvalue weighted by atomic mass is 16.5. The summed E-state index contributed by atoms with van der Waals surface area (Å²) in [5.74, 6) is 0.219. The molecule has 0 aliphatic carbocycles. The molecule has 0 spiro atoms. The molecule has 0 amide bonds. The van der Waals surface area contributed by atoms with Crippen molar-refractivity contribution in [3.63, 3.8) is 0 Å². The molecule has 3 nitrogen and oxygen atoms in total. The van der Waals surface area contributed by atoms with Crippen molar-refractivity contribution in [3.05, 3.63) is 35.4 Å². The average molecular weight is 221 g/mol. The largest absolute Gasteiger partial charge is 0.468 e. The molecule has 0 fully saturated rings. The molecule has 1 atom stereocenters. The number of esters is 1. The van der Waals surface area contributed by atoms with E-state index in [1.807, 2.05) is 24.3 Å². The van der Waals surface area contributed by atoms with Crippen LogP contribution in [0.15, 0.2) is 24.3 Å². The SMILES string of the molecule is COC(=O)C(N)c1ccc(CC(C)C)cc1. The first-order valence-corrected chi connectivity index (χ1v) is 5.47. The zero-order valence-electron chi connectivity index (χ0n) is 10.1. The predicted octanol–water partition coefficient (Wildman–Crippen LogP) is 2.06. The van der Waals surface area contributed by atoms with Crippen LogP contribution in [0.25, 0.3) is 0 Å². The first-order valence-electron chi connectivity index (χ1n) is 5.47. The molecule has 1 aromatic carbocycles. The fraction of sp³-hybridized carbons (Fsp3) is 0.462. The Kier molecular flexibility index (Phi) is 4.50. The minimum absolute atomic E-state index is 0.406. The maximum atomic E-state index is 11.2. The molecule has 1 rings (SSSR count). The molecule has 0 heterocycles. The van der Waals surface area contributed by atoms with Gasteiger partial charge < -0.3 is 10.5 Å². The van der Waals surface area contributed by atoms with Crippen molar-refractivity contribution < 1.29 is 9.53 Å². The first-order chi connectivity index (χ1) is 7.54. The topological polar surface area (TPSA) is 52.3 Å². The molecule has 3 heteroatoms. The van der Waals surface area contributed by atoms with Crippen LogP contribution in [0.3, 0.4) is 0 Å². The number of hydrogen-bond acceptors (Lipinski definition) is 3. The first kappa shape index (κ1) is 12.7. The van der Waals surface area contributed by atoms with Gasteiger partial charge in [-0.25, -0.2) is 0 Å². The minimum Gasteiger partial charge on any atom is -0.468 e. The lowest BCUT2D eigenvalue weighted by Gasteiger charge is -2.11. The van der Waals surface area contributed by atoms with Crippen molar-refractivity contribution in [2.75, 3.05) is 7.11 Å². The molecule has 0 aliphatic heterocycles. The van der Waals surface area contributed by atoms with E-state index in [0.29, 0.717) is 5.92 Å². The van der Waals surface area contributed by atoms with Crippen molar-refractivity contribution >= 4 is 5.97 Å². The van der Waals surface area contributed by atoms with Crippen molar-refractivity contribution in [3.8, 4) is 0 Å². The summed E-state index contributed by atoms with van der Waals surface area (Å²) in [5.41, 5.74) is 7.78. The quantitative estimate of drug-likeness (QED) is 0.792. The zero-order chi connectivity index (χ0) is 12.1. The number of hydrogen-bond donors (Lipinski definition) is 1. The lowest BCUT2D eigenvalue weighted by atomic mass is 10.00. The van der Waals surface area contributed by atoms with Gasteiger partial charge in [0.15, 0.2) is 0 Å². The number of benzene rings is 1. The molecule has 0 bridgehead atoms. The monoisotopic (exact) mass is 221 g/mol. The van der Waals surface area contributed by atoms with E-state index in [9.17, 15) is 4.79 Å². The van der Waals surface area contributed by atoms with Gasteiger partial charge in [0.25, 0.3) is 0 Å². The van der Waals surface area contributed by atoms with E-state index in [1.54, 1.807) is 0 Å². The van der Waals surface area contributed by atoms with Crippen molar-refractivity contribution in [2.45, 2.75) is 26.3 Å². The lowest BCUT2D eigenvalue weighted by Crippen LogP contribution is -2.22. The van der Waals surface area contributed by atoms with Gasteiger partial charge in [0.2, 0.25) is 0 Å². The number of carbonyl (C=O) groups is 1. The summed E-state index contributed by atoms with van der Waals surface area (Å²) in [4.78, 5) is 11.2. The Labute approximate surface area is 96.6 Å². The lowest BCUT2D eigenvalue weighted by molar-refractivity contribution is -0.142. The maximum absolute atomic E-state index is 11.2. The Balaban J connectivity index is 2.74. The van der Waals surface area contributed by atoms with Crippen LogP contribution in [0.2, 0.25) is 0 Å². The van der Waals surface area contributed by atoms with E-state index in [-0.39, 0.29) is 0 Å². The highest BCUT2D eigenvalue weighted by Gasteiger charge is 2.15. The molecular formula is C13H19NO2. The number of ether oxygens (including phenoxy) is 1. The fourth-order valence-corrected chi connectivity index (χ4v) is 1.60. The summed E-state index contributed by atoms with van der Waals surface area (Å²) in [6.45, 7) is 4.35. The fourth-order valence-electron chi connectivity index (χ4n) is 1.60. The molecule has 16 heavy (non-hydrogen) atoms. The molecule has 0 saturated heterocycles. The van der Waals surface area contributed by atoms with Crippen molar-refractivity contribution in [1.29, 1.82) is 0 Å². The van der Waals surface area contributed by atoms with Gasteiger partial charge in [-0.2, -0.15) is 0 Å². The van der Waals surface area contributed by atoms with Crippen LogP contribution >= 0.6 is 0 Å². The number of rotatable bonds is 4. The number of methoxy groups -OCH3 is 1. The summed E-state index contributed by atoms with van der Waals surface area (Å²) in [5, 5.41) is 0. The molecular weight excluding hydrogens is 202 g/mol. The average Bonchev–Trinajstić information content (AvgIpc) is 2.27. The third kappa shape index (κ3) is 3.35. The summed E-state index contributed by atoms with van der Waals surface area (Å²) in [6, 6.07) is 7.12. The molecule has 0 radical (unpaired) electrons. The summed E-state index contributed by atoms with van der Waals surface area (Å²) >= 11 is 0. The van der Waals surface area contributed by atoms with E-state index in [0.717, 1.165) is 12.0 Å². The standard InChI is InChI=1S/C13H19NO2/c1-9(2)8-10-4-6-11(7-5-10)12(14)13(15)16-3/h4-7,9,12H,8,14H2,1-3H3. The van der Waals surface area contributed by atoms with Gasteiger partial charge in [-0.3, -0.25) is 4.79 Å². The minimum atomic E-state index is -0.682. The maximum Gasteiger partial charge on any atom is 0.327 e. The van der Waals surface area contributed by atoms with Crippen LogP contribution in [-0.4, -0.2) is 13.1 Å². The van der Waals surface area contributed by atoms with Crippen LogP contribution in [-0.2, 0) is 16.0 Å². The van der Waals surface area contributed by atoms with Gasteiger partial charge in [0.05, 0.1) is 7.11 Å². The Morgan fingerprint density at radius 2 is 1.88 bits per heavy atom. The summed E-state index contributed by atoms with van der Waals surface area (Å²) in [7, 11) is 1.34.